The summed E-state index contributed by atoms with van der Waals surface area (Å²) < 4.78 is 5.53. The molecule has 2 aliphatic rings. The molecule has 27 heavy (non-hydrogen) atoms. The minimum atomic E-state index is 0.626. The van der Waals surface area contributed by atoms with Crippen molar-refractivity contribution < 1.29 is 4.74 Å². The minimum Gasteiger partial charge on any atom is -0.373 e. The van der Waals surface area contributed by atoms with E-state index in [0.717, 1.165) is 23.7 Å². The maximum absolute atomic E-state index is 5.53. The average molecular weight is 367 g/mol. The zero-order valence-corrected chi connectivity index (χ0v) is 17.1. The molecule has 1 heteroatoms. The molecule has 3 rings (SSSR count). The summed E-state index contributed by atoms with van der Waals surface area (Å²) in [6, 6.07) is 9.14. The number of benzene rings is 1. The molecule has 2 fully saturated rings. The van der Waals surface area contributed by atoms with Crippen LogP contribution in [0, 0.1) is 17.8 Å². The Bertz CT molecular complexity index is 556. The third-order valence-corrected chi connectivity index (χ3v) is 7.01. The fraction of sp³-hybridized carbons (Fsp3) is 0.615. The smallest absolute Gasteiger partial charge is 0.0721 e. The molecule has 0 atom stereocenters. The van der Waals surface area contributed by atoms with Crippen LogP contribution in [0.2, 0.25) is 0 Å². The van der Waals surface area contributed by atoms with Crippen LogP contribution in [0.15, 0.2) is 49.6 Å². The molecule has 0 N–H and O–H groups in total. The van der Waals surface area contributed by atoms with Gasteiger partial charge in [-0.05, 0) is 86.2 Å². The molecule has 0 radical (unpaired) electrons. The zero-order valence-electron chi connectivity index (χ0n) is 17.1. The van der Waals surface area contributed by atoms with Crippen LogP contribution < -0.4 is 0 Å². The Morgan fingerprint density at radius 1 is 0.815 bits per heavy atom. The molecule has 1 aromatic carbocycles. The highest BCUT2D eigenvalue weighted by Gasteiger charge is 2.24. The first-order valence-corrected chi connectivity index (χ1v) is 11.2. The predicted molar refractivity (Wildman–Crippen MR) is 116 cm³/mol. The molecule has 2 saturated carbocycles. The highest BCUT2D eigenvalue weighted by molar-refractivity contribution is 5.25. The third kappa shape index (κ3) is 6.35. The van der Waals surface area contributed by atoms with Crippen molar-refractivity contribution in [3.8, 4) is 0 Å². The summed E-state index contributed by atoms with van der Waals surface area (Å²) in [5.74, 6) is 3.55. The van der Waals surface area contributed by atoms with Crippen LogP contribution in [0.5, 0.6) is 0 Å². The number of allylic oxidation sites excluding steroid dienone is 1. The predicted octanol–water partition coefficient (Wildman–Crippen LogP) is 7.44. The van der Waals surface area contributed by atoms with Crippen molar-refractivity contribution in [2.75, 3.05) is 6.61 Å². The Labute approximate surface area is 166 Å². The summed E-state index contributed by atoms with van der Waals surface area (Å²) in [6.45, 7) is 8.98. The van der Waals surface area contributed by atoms with Crippen LogP contribution in [0.4, 0.5) is 0 Å². The van der Waals surface area contributed by atoms with Gasteiger partial charge >= 0.3 is 0 Å². The molecular formula is C26H38O. The maximum atomic E-state index is 5.53. The van der Waals surface area contributed by atoms with Gasteiger partial charge in [-0.15, -0.1) is 13.2 Å². The van der Waals surface area contributed by atoms with Crippen LogP contribution in [0.3, 0.4) is 0 Å². The van der Waals surface area contributed by atoms with E-state index in [2.05, 4.69) is 43.5 Å². The standard InChI is InChI=1S/C26H38O/c1-3-19-27-20-24-13-17-26(18-14-24)25-15-11-23(12-16-25)10-9-22-7-5-21(4-2)6-8-22/h3-4,13-14,17-18,21-23,25H,1-2,5-12,15-16,19-20H2. The normalized spacial score (nSPS) is 28.6. The maximum Gasteiger partial charge on any atom is 0.0721 e. The Kier molecular flexibility index (Phi) is 8.20. The van der Waals surface area contributed by atoms with Crippen LogP contribution in [0.25, 0.3) is 0 Å². The quantitative estimate of drug-likeness (QED) is 0.326. The van der Waals surface area contributed by atoms with Gasteiger partial charge in [-0.2, -0.15) is 0 Å². The second kappa shape index (κ2) is 10.9. The minimum absolute atomic E-state index is 0.626. The van der Waals surface area contributed by atoms with Crippen LogP contribution >= 0.6 is 0 Å². The number of hydrogen-bond donors (Lipinski definition) is 0. The van der Waals surface area contributed by atoms with Gasteiger partial charge in [0.1, 0.15) is 0 Å². The van der Waals surface area contributed by atoms with E-state index in [4.69, 9.17) is 4.74 Å². The van der Waals surface area contributed by atoms with Crippen LogP contribution in [0.1, 0.15) is 81.3 Å². The Morgan fingerprint density at radius 3 is 1.96 bits per heavy atom. The van der Waals surface area contributed by atoms with Gasteiger partial charge in [0.05, 0.1) is 13.2 Å². The van der Waals surface area contributed by atoms with Gasteiger partial charge < -0.3 is 4.74 Å². The van der Waals surface area contributed by atoms with Gasteiger partial charge in [0.2, 0.25) is 0 Å². The van der Waals surface area contributed by atoms with Gasteiger partial charge in [-0.25, -0.2) is 0 Å². The first-order valence-electron chi connectivity index (χ1n) is 11.2. The van der Waals surface area contributed by atoms with Crippen LogP contribution in [-0.2, 0) is 11.3 Å². The molecule has 0 aromatic heterocycles. The summed E-state index contributed by atoms with van der Waals surface area (Å²) >= 11 is 0. The van der Waals surface area contributed by atoms with E-state index in [0.29, 0.717) is 13.2 Å². The molecule has 0 unspecified atom stereocenters. The van der Waals surface area contributed by atoms with Crippen molar-refractivity contribution in [2.24, 2.45) is 17.8 Å². The monoisotopic (exact) mass is 366 g/mol. The topological polar surface area (TPSA) is 9.23 Å². The zero-order chi connectivity index (χ0) is 18.9. The van der Waals surface area contributed by atoms with E-state index >= 15 is 0 Å². The molecule has 0 aliphatic heterocycles. The first kappa shape index (κ1) is 20.4. The van der Waals surface area contributed by atoms with E-state index < -0.39 is 0 Å². The molecule has 0 spiro atoms. The highest BCUT2D eigenvalue weighted by atomic mass is 16.5. The molecule has 2 aliphatic carbocycles. The lowest BCUT2D eigenvalue weighted by atomic mass is 9.74. The van der Waals surface area contributed by atoms with Crippen molar-refractivity contribution in [2.45, 2.75) is 76.7 Å². The molecule has 1 aromatic rings. The molecule has 0 amide bonds. The molecular weight excluding hydrogens is 328 g/mol. The van der Waals surface area contributed by atoms with Gasteiger partial charge in [0, 0.05) is 0 Å². The van der Waals surface area contributed by atoms with E-state index in [1.54, 1.807) is 6.08 Å². The summed E-state index contributed by atoms with van der Waals surface area (Å²) in [5.41, 5.74) is 2.80. The fourth-order valence-corrected chi connectivity index (χ4v) is 5.11. The van der Waals surface area contributed by atoms with Gasteiger partial charge in [-0.1, -0.05) is 49.3 Å². The molecule has 0 bridgehead atoms. The molecule has 1 nitrogen and oxygen atoms in total. The van der Waals surface area contributed by atoms with E-state index in [1.807, 2.05) is 0 Å². The lowest BCUT2D eigenvalue weighted by Crippen LogP contribution is -2.17. The first-order chi connectivity index (χ1) is 13.3. The van der Waals surface area contributed by atoms with Crippen molar-refractivity contribution in [1.82, 2.24) is 0 Å². The van der Waals surface area contributed by atoms with Crippen LogP contribution in [-0.4, -0.2) is 6.61 Å². The number of rotatable bonds is 9. The lowest BCUT2D eigenvalue weighted by molar-refractivity contribution is 0.149. The van der Waals surface area contributed by atoms with Gasteiger partial charge in [0.15, 0.2) is 0 Å². The van der Waals surface area contributed by atoms with E-state index in [9.17, 15) is 0 Å². The Balaban J connectivity index is 1.36. The molecule has 0 saturated heterocycles. The summed E-state index contributed by atoms with van der Waals surface area (Å²) in [6.07, 6.45) is 18.2. The SMILES string of the molecule is C=CCOCc1ccc(C2CCC(CCC3CCC(C=C)CC3)CC2)cc1. The van der Waals surface area contributed by atoms with E-state index in [-0.39, 0.29) is 0 Å². The largest absolute Gasteiger partial charge is 0.373 e. The van der Waals surface area contributed by atoms with Gasteiger partial charge in [-0.3, -0.25) is 0 Å². The lowest BCUT2D eigenvalue weighted by Gasteiger charge is -2.31. The highest BCUT2D eigenvalue weighted by Crippen LogP contribution is 2.39. The van der Waals surface area contributed by atoms with Crippen molar-refractivity contribution >= 4 is 0 Å². The Hall–Kier alpha value is -1.34. The molecule has 0 heterocycles. The Morgan fingerprint density at radius 2 is 1.41 bits per heavy atom. The van der Waals surface area contributed by atoms with E-state index in [1.165, 1.54) is 75.3 Å². The number of ether oxygens (including phenoxy) is 1. The second-order valence-corrected chi connectivity index (χ2v) is 8.86. The van der Waals surface area contributed by atoms with Crippen molar-refractivity contribution in [1.29, 1.82) is 0 Å². The molecule has 148 valence electrons. The third-order valence-electron chi connectivity index (χ3n) is 7.01. The average Bonchev–Trinajstić information content (AvgIpc) is 2.74. The fourth-order valence-electron chi connectivity index (χ4n) is 5.11. The van der Waals surface area contributed by atoms with Crippen molar-refractivity contribution in [3.63, 3.8) is 0 Å². The summed E-state index contributed by atoms with van der Waals surface area (Å²) in [4.78, 5) is 0. The van der Waals surface area contributed by atoms with Crippen molar-refractivity contribution in [3.05, 3.63) is 60.7 Å². The number of hydrogen-bond acceptors (Lipinski definition) is 1. The summed E-state index contributed by atoms with van der Waals surface area (Å²) in [5, 5.41) is 0. The second-order valence-electron chi connectivity index (χ2n) is 8.86. The van der Waals surface area contributed by atoms with Gasteiger partial charge in [0.25, 0.3) is 0 Å². The summed E-state index contributed by atoms with van der Waals surface area (Å²) in [7, 11) is 0.